The number of anilines is 1. The molecule has 2 N–H and O–H groups in total. The molecule has 96 valence electrons. The minimum atomic E-state index is -0.234. The van der Waals surface area contributed by atoms with Crippen LogP contribution in [0.4, 0.5) is 5.69 Å². The Bertz CT molecular complexity index is 471. The second kappa shape index (κ2) is 4.99. The molecule has 1 aromatic rings. The van der Waals surface area contributed by atoms with Gasteiger partial charge in [-0.05, 0) is 50.4 Å². The van der Waals surface area contributed by atoms with Gasteiger partial charge in [-0.3, -0.25) is 4.90 Å². The van der Waals surface area contributed by atoms with Crippen LogP contribution in [0.1, 0.15) is 31.4 Å². The normalized spacial score (nSPS) is 16.1. The summed E-state index contributed by atoms with van der Waals surface area (Å²) < 4.78 is 0. The molecule has 0 spiro atoms. The number of nitriles is 1. The highest BCUT2D eigenvalue weighted by atomic mass is 15.1. The average Bonchev–Trinajstić information content (AvgIpc) is 2.37. The third-order valence-electron chi connectivity index (χ3n) is 3.74. The molecule has 3 heteroatoms. The maximum absolute atomic E-state index is 9.04. The molecule has 0 saturated carbocycles. The van der Waals surface area contributed by atoms with Crippen molar-refractivity contribution in [2.45, 2.75) is 33.2 Å². The first-order chi connectivity index (χ1) is 8.52. The van der Waals surface area contributed by atoms with E-state index in [0.717, 1.165) is 38.2 Å². The molecule has 0 bridgehead atoms. The van der Waals surface area contributed by atoms with Crippen LogP contribution in [0.2, 0.25) is 0 Å². The van der Waals surface area contributed by atoms with E-state index in [1.165, 1.54) is 11.1 Å². The first-order valence-electron chi connectivity index (χ1n) is 6.52. The van der Waals surface area contributed by atoms with Gasteiger partial charge in [0.05, 0.1) is 11.5 Å². The van der Waals surface area contributed by atoms with E-state index >= 15 is 0 Å². The summed E-state index contributed by atoms with van der Waals surface area (Å²) in [5.74, 6) is 0. The molecule has 0 amide bonds. The molecule has 0 aliphatic carbocycles. The SMILES string of the molecule is CC(C)(C#N)CCN1CCc2cccc(N)c2C1. The van der Waals surface area contributed by atoms with Gasteiger partial charge in [-0.15, -0.1) is 0 Å². The number of fused-ring (bicyclic) bond motifs is 1. The molecular weight excluding hydrogens is 222 g/mol. The van der Waals surface area contributed by atoms with Crippen LogP contribution in [0.3, 0.4) is 0 Å². The van der Waals surface area contributed by atoms with Gasteiger partial charge in [-0.2, -0.15) is 5.26 Å². The zero-order chi connectivity index (χ0) is 13.2. The summed E-state index contributed by atoms with van der Waals surface area (Å²) in [6.07, 6.45) is 1.97. The Morgan fingerprint density at radius 2 is 2.22 bits per heavy atom. The predicted molar refractivity (Wildman–Crippen MR) is 73.8 cm³/mol. The van der Waals surface area contributed by atoms with Gasteiger partial charge >= 0.3 is 0 Å². The summed E-state index contributed by atoms with van der Waals surface area (Å²) in [6.45, 7) is 6.95. The first kappa shape index (κ1) is 12.9. The Hall–Kier alpha value is -1.53. The minimum Gasteiger partial charge on any atom is -0.398 e. The van der Waals surface area contributed by atoms with Crippen LogP contribution in [0.15, 0.2) is 18.2 Å². The van der Waals surface area contributed by atoms with Gasteiger partial charge in [0.25, 0.3) is 0 Å². The number of hydrogen-bond donors (Lipinski definition) is 1. The van der Waals surface area contributed by atoms with Crippen molar-refractivity contribution in [3.63, 3.8) is 0 Å². The predicted octanol–water partition coefficient (Wildman–Crippen LogP) is 2.57. The highest BCUT2D eigenvalue weighted by Crippen LogP contribution is 2.26. The van der Waals surface area contributed by atoms with Crippen LogP contribution in [0.5, 0.6) is 0 Å². The van der Waals surface area contributed by atoms with Crippen molar-refractivity contribution in [1.29, 1.82) is 5.26 Å². The Balaban J connectivity index is 2.00. The lowest BCUT2D eigenvalue weighted by molar-refractivity contribution is 0.226. The largest absolute Gasteiger partial charge is 0.398 e. The van der Waals surface area contributed by atoms with Crippen LogP contribution in [-0.2, 0) is 13.0 Å². The Morgan fingerprint density at radius 3 is 2.94 bits per heavy atom. The van der Waals surface area contributed by atoms with Crippen LogP contribution < -0.4 is 5.73 Å². The van der Waals surface area contributed by atoms with E-state index in [0.29, 0.717) is 0 Å². The molecule has 0 unspecified atom stereocenters. The highest BCUT2D eigenvalue weighted by molar-refractivity contribution is 5.51. The summed E-state index contributed by atoms with van der Waals surface area (Å²) in [6, 6.07) is 8.53. The van der Waals surface area contributed by atoms with Gasteiger partial charge in [0.1, 0.15) is 0 Å². The summed E-state index contributed by atoms with van der Waals surface area (Å²) in [4.78, 5) is 2.40. The molecule has 0 fully saturated rings. The van der Waals surface area contributed by atoms with Crippen LogP contribution in [0.25, 0.3) is 0 Å². The van der Waals surface area contributed by atoms with Crippen molar-refractivity contribution in [2.75, 3.05) is 18.8 Å². The lowest BCUT2D eigenvalue weighted by atomic mass is 9.90. The fourth-order valence-corrected chi connectivity index (χ4v) is 2.35. The minimum absolute atomic E-state index is 0.234. The van der Waals surface area contributed by atoms with Crippen LogP contribution in [-0.4, -0.2) is 18.0 Å². The van der Waals surface area contributed by atoms with Crippen molar-refractivity contribution in [2.24, 2.45) is 5.41 Å². The topological polar surface area (TPSA) is 53.0 Å². The molecule has 1 aromatic carbocycles. The number of nitrogen functional groups attached to an aromatic ring is 1. The van der Waals surface area contributed by atoms with Gasteiger partial charge in [0.2, 0.25) is 0 Å². The quantitative estimate of drug-likeness (QED) is 0.830. The molecule has 2 rings (SSSR count). The number of rotatable bonds is 3. The van der Waals surface area contributed by atoms with Crippen molar-refractivity contribution in [3.8, 4) is 6.07 Å². The number of nitrogens with two attached hydrogens (primary N) is 1. The Kier molecular flexibility index (Phi) is 3.58. The number of benzene rings is 1. The molecule has 1 aliphatic heterocycles. The first-order valence-corrected chi connectivity index (χ1v) is 6.52. The van der Waals surface area contributed by atoms with E-state index in [1.54, 1.807) is 0 Å². The van der Waals surface area contributed by atoms with Crippen molar-refractivity contribution in [1.82, 2.24) is 4.90 Å². The zero-order valence-corrected chi connectivity index (χ0v) is 11.2. The molecule has 0 aromatic heterocycles. The Morgan fingerprint density at radius 1 is 1.44 bits per heavy atom. The van der Waals surface area contributed by atoms with Gasteiger partial charge in [0.15, 0.2) is 0 Å². The highest BCUT2D eigenvalue weighted by Gasteiger charge is 2.22. The zero-order valence-electron chi connectivity index (χ0n) is 11.2. The van der Waals surface area contributed by atoms with Crippen molar-refractivity contribution >= 4 is 5.69 Å². The van der Waals surface area contributed by atoms with E-state index in [4.69, 9.17) is 11.0 Å². The molecule has 1 aliphatic rings. The van der Waals surface area contributed by atoms with E-state index in [2.05, 4.69) is 17.0 Å². The molecule has 0 saturated heterocycles. The summed E-state index contributed by atoms with van der Waals surface area (Å²) >= 11 is 0. The smallest absolute Gasteiger partial charge is 0.0684 e. The summed E-state index contributed by atoms with van der Waals surface area (Å²) in [5, 5.41) is 9.04. The Labute approximate surface area is 109 Å². The fraction of sp³-hybridized carbons (Fsp3) is 0.533. The molecule has 0 atom stereocenters. The maximum Gasteiger partial charge on any atom is 0.0684 e. The summed E-state index contributed by atoms with van der Waals surface area (Å²) in [5.41, 5.74) is 9.36. The van der Waals surface area contributed by atoms with Gasteiger partial charge in [-0.1, -0.05) is 12.1 Å². The van der Waals surface area contributed by atoms with Gasteiger partial charge < -0.3 is 5.73 Å². The van der Waals surface area contributed by atoms with E-state index in [-0.39, 0.29) is 5.41 Å². The number of hydrogen-bond acceptors (Lipinski definition) is 3. The molecule has 0 radical (unpaired) electrons. The molecule has 1 heterocycles. The summed E-state index contributed by atoms with van der Waals surface area (Å²) in [7, 11) is 0. The molecular formula is C15H21N3. The lowest BCUT2D eigenvalue weighted by Crippen LogP contribution is -2.33. The van der Waals surface area contributed by atoms with Crippen molar-refractivity contribution in [3.05, 3.63) is 29.3 Å². The maximum atomic E-state index is 9.04. The van der Waals surface area contributed by atoms with E-state index in [1.807, 2.05) is 26.0 Å². The fourth-order valence-electron chi connectivity index (χ4n) is 2.35. The number of nitrogens with zero attached hydrogens (tertiary/aromatic N) is 2. The van der Waals surface area contributed by atoms with E-state index < -0.39 is 0 Å². The lowest BCUT2D eigenvalue weighted by Gasteiger charge is -2.31. The van der Waals surface area contributed by atoms with E-state index in [9.17, 15) is 0 Å². The molecule has 18 heavy (non-hydrogen) atoms. The average molecular weight is 243 g/mol. The van der Waals surface area contributed by atoms with Crippen LogP contribution in [0, 0.1) is 16.7 Å². The standard InChI is InChI=1S/C15H21N3/c1-15(2,11-16)7-9-18-8-6-12-4-3-5-14(17)13(12)10-18/h3-5H,6-10,17H2,1-2H3. The van der Waals surface area contributed by atoms with Gasteiger partial charge in [-0.25, -0.2) is 0 Å². The van der Waals surface area contributed by atoms with Crippen molar-refractivity contribution < 1.29 is 0 Å². The monoisotopic (exact) mass is 243 g/mol. The third kappa shape index (κ3) is 2.83. The second-order valence-electron chi connectivity index (χ2n) is 5.76. The van der Waals surface area contributed by atoms with Gasteiger partial charge in [0, 0.05) is 18.8 Å². The third-order valence-corrected chi connectivity index (χ3v) is 3.74. The molecule has 3 nitrogen and oxygen atoms in total. The van der Waals surface area contributed by atoms with Crippen LogP contribution >= 0.6 is 0 Å². The second-order valence-corrected chi connectivity index (χ2v) is 5.76.